The van der Waals surface area contributed by atoms with Gasteiger partial charge < -0.3 is 9.88 Å². The first-order valence-electron chi connectivity index (χ1n) is 6.06. The van der Waals surface area contributed by atoms with Gasteiger partial charge in [0.1, 0.15) is 0 Å². The van der Waals surface area contributed by atoms with E-state index in [9.17, 15) is 0 Å². The van der Waals surface area contributed by atoms with Crippen LogP contribution in [0, 0.1) is 13.8 Å². The topological polar surface area (TPSA) is 29.9 Å². The normalized spacial score (nSPS) is 11.0. The Morgan fingerprint density at radius 1 is 1.28 bits per heavy atom. The Morgan fingerprint density at radius 2 is 2.00 bits per heavy atom. The lowest BCUT2D eigenvalue weighted by Gasteiger charge is -2.13. The van der Waals surface area contributed by atoms with E-state index < -0.39 is 0 Å². The molecular formula is C14H18ClN3. The largest absolute Gasteiger partial charge is 0.324 e. The van der Waals surface area contributed by atoms with E-state index in [1.165, 1.54) is 0 Å². The van der Waals surface area contributed by atoms with Gasteiger partial charge >= 0.3 is 0 Å². The standard InChI is InChI=1S/C14H18ClN3/c1-9(2)18-8-11(4)16-14(18)17-13-6-5-10(3)7-12(13)15/h5-9H,1-4H3,(H,16,17). The minimum atomic E-state index is 0.359. The molecule has 0 aliphatic heterocycles. The summed E-state index contributed by atoms with van der Waals surface area (Å²) in [4.78, 5) is 4.48. The smallest absolute Gasteiger partial charge is 0.207 e. The first kappa shape index (κ1) is 13.0. The summed E-state index contributed by atoms with van der Waals surface area (Å²) in [6, 6.07) is 6.31. The molecule has 2 aromatic rings. The van der Waals surface area contributed by atoms with E-state index in [0.717, 1.165) is 22.9 Å². The summed E-state index contributed by atoms with van der Waals surface area (Å²) in [5.74, 6) is 0.827. The molecule has 2 rings (SSSR count). The van der Waals surface area contributed by atoms with Crippen molar-refractivity contribution in [3.8, 4) is 0 Å². The quantitative estimate of drug-likeness (QED) is 0.885. The fourth-order valence-electron chi connectivity index (χ4n) is 1.84. The number of imidazole rings is 1. The molecule has 0 spiro atoms. The predicted octanol–water partition coefficient (Wildman–Crippen LogP) is 4.48. The van der Waals surface area contributed by atoms with Gasteiger partial charge in [-0.05, 0) is 45.4 Å². The molecule has 3 nitrogen and oxygen atoms in total. The van der Waals surface area contributed by atoms with E-state index >= 15 is 0 Å². The molecule has 0 unspecified atom stereocenters. The predicted molar refractivity (Wildman–Crippen MR) is 76.8 cm³/mol. The van der Waals surface area contributed by atoms with Crippen molar-refractivity contribution in [3.05, 3.63) is 40.7 Å². The fraction of sp³-hybridized carbons (Fsp3) is 0.357. The van der Waals surface area contributed by atoms with E-state index in [1.54, 1.807) is 0 Å². The van der Waals surface area contributed by atoms with E-state index in [0.29, 0.717) is 11.1 Å². The Balaban J connectivity index is 2.33. The summed E-state index contributed by atoms with van der Waals surface area (Å²) in [5, 5.41) is 4.00. The van der Waals surface area contributed by atoms with Crippen molar-refractivity contribution in [2.24, 2.45) is 0 Å². The minimum Gasteiger partial charge on any atom is -0.324 e. The van der Waals surface area contributed by atoms with Crippen molar-refractivity contribution in [2.75, 3.05) is 5.32 Å². The number of anilines is 2. The van der Waals surface area contributed by atoms with Crippen LogP contribution in [0.5, 0.6) is 0 Å². The number of halogens is 1. The molecule has 1 aromatic carbocycles. The lowest BCUT2D eigenvalue weighted by molar-refractivity contribution is 0.607. The molecule has 0 saturated heterocycles. The van der Waals surface area contributed by atoms with Crippen LogP contribution in [0.3, 0.4) is 0 Å². The Kier molecular flexibility index (Phi) is 3.62. The van der Waals surface area contributed by atoms with Gasteiger partial charge in [0.05, 0.1) is 16.4 Å². The van der Waals surface area contributed by atoms with Gasteiger partial charge in [0.2, 0.25) is 5.95 Å². The zero-order valence-electron chi connectivity index (χ0n) is 11.2. The number of aromatic nitrogens is 2. The van der Waals surface area contributed by atoms with Gasteiger partial charge in [-0.2, -0.15) is 0 Å². The molecule has 1 heterocycles. The molecule has 0 aliphatic carbocycles. The van der Waals surface area contributed by atoms with Crippen LogP contribution in [-0.4, -0.2) is 9.55 Å². The maximum Gasteiger partial charge on any atom is 0.207 e. The van der Waals surface area contributed by atoms with Crippen LogP contribution in [0.1, 0.15) is 31.1 Å². The van der Waals surface area contributed by atoms with Gasteiger partial charge in [0, 0.05) is 12.2 Å². The van der Waals surface area contributed by atoms with Gasteiger partial charge in [0.25, 0.3) is 0 Å². The molecule has 4 heteroatoms. The SMILES string of the molecule is Cc1ccc(Nc2nc(C)cn2C(C)C)c(Cl)c1. The summed E-state index contributed by atoms with van der Waals surface area (Å²) in [7, 11) is 0. The molecule has 0 atom stereocenters. The van der Waals surface area contributed by atoms with Gasteiger partial charge in [-0.15, -0.1) is 0 Å². The zero-order chi connectivity index (χ0) is 13.3. The van der Waals surface area contributed by atoms with E-state index in [1.807, 2.05) is 38.2 Å². The molecule has 1 N–H and O–H groups in total. The molecule has 1 aromatic heterocycles. The van der Waals surface area contributed by atoms with Gasteiger partial charge in [0.15, 0.2) is 0 Å². The van der Waals surface area contributed by atoms with Crippen molar-refractivity contribution in [3.63, 3.8) is 0 Å². The molecule has 18 heavy (non-hydrogen) atoms. The molecule has 96 valence electrons. The van der Waals surface area contributed by atoms with Gasteiger partial charge in [-0.1, -0.05) is 17.7 Å². The van der Waals surface area contributed by atoms with Crippen LogP contribution in [0.15, 0.2) is 24.4 Å². The highest BCUT2D eigenvalue weighted by atomic mass is 35.5. The van der Waals surface area contributed by atoms with Crippen LogP contribution in [-0.2, 0) is 0 Å². The van der Waals surface area contributed by atoms with E-state index in [2.05, 4.69) is 28.7 Å². The first-order valence-corrected chi connectivity index (χ1v) is 6.44. The molecule has 0 fully saturated rings. The van der Waals surface area contributed by atoms with E-state index in [-0.39, 0.29) is 0 Å². The molecule has 0 radical (unpaired) electrons. The van der Waals surface area contributed by atoms with Gasteiger partial charge in [-0.3, -0.25) is 0 Å². The van der Waals surface area contributed by atoms with Crippen LogP contribution in [0.4, 0.5) is 11.6 Å². The second kappa shape index (κ2) is 5.02. The Hall–Kier alpha value is -1.48. The van der Waals surface area contributed by atoms with Gasteiger partial charge in [-0.25, -0.2) is 4.98 Å². The summed E-state index contributed by atoms with van der Waals surface area (Å²) in [6.45, 7) is 8.27. The average Bonchev–Trinajstić information content (AvgIpc) is 2.64. The highest BCUT2D eigenvalue weighted by Crippen LogP contribution is 2.27. The first-order chi connectivity index (χ1) is 8.47. The number of nitrogens with zero attached hydrogens (tertiary/aromatic N) is 2. The third kappa shape index (κ3) is 2.67. The van der Waals surface area contributed by atoms with Crippen LogP contribution >= 0.6 is 11.6 Å². The number of hydrogen-bond acceptors (Lipinski definition) is 2. The monoisotopic (exact) mass is 263 g/mol. The van der Waals surface area contributed by atoms with Crippen LogP contribution < -0.4 is 5.32 Å². The number of rotatable bonds is 3. The summed E-state index contributed by atoms with van der Waals surface area (Å²) in [6.07, 6.45) is 2.04. The zero-order valence-corrected chi connectivity index (χ0v) is 11.9. The van der Waals surface area contributed by atoms with Crippen molar-refractivity contribution >= 4 is 23.2 Å². The van der Waals surface area contributed by atoms with Crippen molar-refractivity contribution in [1.82, 2.24) is 9.55 Å². The third-order valence-electron chi connectivity index (χ3n) is 2.78. The molecule has 0 amide bonds. The lowest BCUT2D eigenvalue weighted by Crippen LogP contribution is -2.05. The van der Waals surface area contributed by atoms with Crippen LogP contribution in [0.2, 0.25) is 5.02 Å². The highest BCUT2D eigenvalue weighted by Gasteiger charge is 2.10. The van der Waals surface area contributed by atoms with Crippen molar-refractivity contribution in [1.29, 1.82) is 0 Å². The van der Waals surface area contributed by atoms with E-state index in [4.69, 9.17) is 11.6 Å². The van der Waals surface area contributed by atoms with Crippen molar-refractivity contribution in [2.45, 2.75) is 33.7 Å². The molecule has 0 bridgehead atoms. The second-order valence-corrected chi connectivity index (χ2v) is 5.22. The maximum absolute atomic E-state index is 6.22. The number of nitrogens with one attached hydrogen (secondary N) is 1. The second-order valence-electron chi connectivity index (χ2n) is 4.82. The maximum atomic E-state index is 6.22. The number of aryl methyl sites for hydroxylation is 2. The fourth-order valence-corrected chi connectivity index (χ4v) is 2.13. The third-order valence-corrected chi connectivity index (χ3v) is 3.09. The minimum absolute atomic E-state index is 0.359. The number of benzene rings is 1. The Morgan fingerprint density at radius 3 is 2.61 bits per heavy atom. The van der Waals surface area contributed by atoms with Crippen LogP contribution in [0.25, 0.3) is 0 Å². The molecule has 0 aliphatic rings. The summed E-state index contributed by atoms with van der Waals surface area (Å²) >= 11 is 6.22. The van der Waals surface area contributed by atoms with Crippen molar-refractivity contribution < 1.29 is 0 Å². The molecule has 0 saturated carbocycles. The Labute approximate surface area is 113 Å². The average molecular weight is 264 g/mol. The highest BCUT2D eigenvalue weighted by molar-refractivity contribution is 6.33. The summed E-state index contributed by atoms with van der Waals surface area (Å²) in [5.41, 5.74) is 3.03. The Bertz CT molecular complexity index is 558. The lowest BCUT2D eigenvalue weighted by atomic mass is 10.2. The molecular weight excluding hydrogens is 246 g/mol. The summed E-state index contributed by atoms with van der Waals surface area (Å²) < 4.78 is 2.10. The number of hydrogen-bond donors (Lipinski definition) is 1.